The van der Waals surface area contributed by atoms with Crippen LogP contribution < -0.4 is 14.2 Å². The largest absolute Gasteiger partial charge is 0.494 e. The second-order valence-corrected chi connectivity index (χ2v) is 7.11. The molecule has 2 N–H and O–H groups in total. The van der Waals surface area contributed by atoms with Gasteiger partial charge in [-0.3, -0.25) is 4.79 Å². The Labute approximate surface area is 168 Å². The Balaban J connectivity index is 1.78. The van der Waals surface area contributed by atoms with Crippen molar-refractivity contribution in [2.45, 2.75) is 25.4 Å². The van der Waals surface area contributed by atoms with Crippen LogP contribution >= 0.6 is 0 Å². The highest BCUT2D eigenvalue weighted by Gasteiger charge is 2.47. The zero-order chi connectivity index (χ0) is 20.4. The number of carboxylic acid groups (broad SMARTS) is 1. The van der Waals surface area contributed by atoms with Crippen LogP contribution in [0.2, 0.25) is 0 Å². The summed E-state index contributed by atoms with van der Waals surface area (Å²) in [5.74, 6) is -0.271. The first kappa shape index (κ1) is 19.5. The van der Waals surface area contributed by atoms with Gasteiger partial charge in [-0.1, -0.05) is 19.1 Å². The standard InChI is InChI=1S/C22H24O7/c1-2-8-26-14-4-5-15-16(11-14)21(27-9-7-23)20(22(24)25)19(15)13-3-6-17-18(10-13)29-12-28-17/h3-6,10-11,19-21,23H,2,7-9,12H2,1H3,(H,24,25)/t19-,20+,21+/m0/s1. The maximum atomic E-state index is 12.3. The molecule has 1 aliphatic carbocycles. The number of benzene rings is 2. The molecule has 4 rings (SSSR count). The van der Waals surface area contributed by atoms with Crippen molar-refractivity contribution in [3.63, 3.8) is 0 Å². The Kier molecular flexibility index (Phi) is 5.60. The van der Waals surface area contributed by atoms with Crippen LogP contribution in [0.15, 0.2) is 36.4 Å². The van der Waals surface area contributed by atoms with Gasteiger partial charge in [-0.05, 0) is 47.4 Å². The molecule has 1 aliphatic heterocycles. The molecule has 3 atom stereocenters. The number of aliphatic hydroxyl groups excluding tert-OH is 1. The second-order valence-electron chi connectivity index (χ2n) is 7.11. The van der Waals surface area contributed by atoms with Crippen LogP contribution in [-0.2, 0) is 9.53 Å². The molecule has 0 saturated carbocycles. The van der Waals surface area contributed by atoms with Gasteiger partial charge >= 0.3 is 5.97 Å². The van der Waals surface area contributed by atoms with E-state index in [2.05, 4.69) is 0 Å². The first-order valence-corrected chi connectivity index (χ1v) is 9.75. The van der Waals surface area contributed by atoms with Gasteiger partial charge in [-0.15, -0.1) is 0 Å². The molecule has 7 heteroatoms. The van der Waals surface area contributed by atoms with Crippen LogP contribution in [0.5, 0.6) is 17.2 Å². The van der Waals surface area contributed by atoms with E-state index in [1.807, 2.05) is 37.3 Å². The molecule has 0 saturated heterocycles. The first-order chi connectivity index (χ1) is 14.1. The van der Waals surface area contributed by atoms with Crippen LogP contribution in [0.3, 0.4) is 0 Å². The lowest BCUT2D eigenvalue weighted by molar-refractivity contribution is -0.148. The maximum Gasteiger partial charge on any atom is 0.310 e. The van der Waals surface area contributed by atoms with E-state index >= 15 is 0 Å². The summed E-state index contributed by atoms with van der Waals surface area (Å²) in [6.45, 7) is 2.63. The molecule has 0 radical (unpaired) electrons. The number of carboxylic acids is 1. The molecular formula is C22H24O7. The number of hydrogen-bond donors (Lipinski definition) is 2. The van der Waals surface area contributed by atoms with Crippen molar-refractivity contribution in [1.82, 2.24) is 0 Å². The van der Waals surface area contributed by atoms with Gasteiger partial charge in [0.2, 0.25) is 6.79 Å². The van der Waals surface area contributed by atoms with Gasteiger partial charge < -0.3 is 29.2 Å². The Morgan fingerprint density at radius 2 is 1.93 bits per heavy atom. The van der Waals surface area contributed by atoms with E-state index in [0.717, 1.165) is 23.1 Å². The van der Waals surface area contributed by atoms with Crippen molar-refractivity contribution >= 4 is 5.97 Å². The fourth-order valence-corrected chi connectivity index (χ4v) is 4.09. The summed E-state index contributed by atoms with van der Waals surface area (Å²) in [7, 11) is 0. The van der Waals surface area contributed by atoms with Gasteiger partial charge in [0.15, 0.2) is 11.5 Å². The van der Waals surface area contributed by atoms with Crippen LogP contribution in [0.1, 0.15) is 42.1 Å². The summed E-state index contributed by atoms with van der Waals surface area (Å²) in [4.78, 5) is 12.3. The molecule has 0 bridgehead atoms. The lowest BCUT2D eigenvalue weighted by atomic mass is 9.85. The van der Waals surface area contributed by atoms with E-state index in [1.165, 1.54) is 0 Å². The number of rotatable bonds is 8. The number of ether oxygens (including phenoxy) is 4. The number of fused-ring (bicyclic) bond motifs is 2. The quantitative estimate of drug-likeness (QED) is 0.703. The fraction of sp³-hybridized carbons (Fsp3) is 0.409. The van der Waals surface area contributed by atoms with Gasteiger partial charge in [0.05, 0.1) is 31.8 Å². The topological polar surface area (TPSA) is 94.5 Å². The molecule has 2 aromatic rings. The molecular weight excluding hydrogens is 376 g/mol. The highest BCUT2D eigenvalue weighted by Crippen LogP contribution is 2.52. The third-order valence-electron chi connectivity index (χ3n) is 5.29. The predicted molar refractivity (Wildman–Crippen MR) is 104 cm³/mol. The van der Waals surface area contributed by atoms with Crippen molar-refractivity contribution in [2.24, 2.45) is 5.92 Å². The van der Waals surface area contributed by atoms with Crippen LogP contribution in [0, 0.1) is 5.92 Å². The summed E-state index contributed by atoms with van der Waals surface area (Å²) >= 11 is 0. The first-order valence-electron chi connectivity index (χ1n) is 9.75. The molecule has 29 heavy (non-hydrogen) atoms. The predicted octanol–water partition coefficient (Wildman–Crippen LogP) is 3.10. The summed E-state index contributed by atoms with van der Waals surface area (Å²) in [5, 5.41) is 19.3. The highest BCUT2D eigenvalue weighted by atomic mass is 16.7. The van der Waals surface area contributed by atoms with Gasteiger partial charge in [-0.2, -0.15) is 0 Å². The van der Waals surface area contributed by atoms with Gasteiger partial charge in [0, 0.05) is 5.92 Å². The van der Waals surface area contributed by atoms with Gasteiger partial charge in [-0.25, -0.2) is 0 Å². The third-order valence-corrected chi connectivity index (χ3v) is 5.29. The molecule has 7 nitrogen and oxygen atoms in total. The average Bonchev–Trinajstić information content (AvgIpc) is 3.32. The monoisotopic (exact) mass is 400 g/mol. The maximum absolute atomic E-state index is 12.3. The normalized spacial score (nSPS) is 21.8. The van der Waals surface area contributed by atoms with Crippen molar-refractivity contribution in [3.8, 4) is 17.2 Å². The summed E-state index contributed by atoms with van der Waals surface area (Å²) in [5.41, 5.74) is 2.48. The van der Waals surface area contributed by atoms with Crippen molar-refractivity contribution in [2.75, 3.05) is 26.6 Å². The number of hydrogen-bond acceptors (Lipinski definition) is 6. The molecule has 0 fully saturated rings. The van der Waals surface area contributed by atoms with Gasteiger partial charge in [0.1, 0.15) is 5.75 Å². The average molecular weight is 400 g/mol. The Morgan fingerprint density at radius 1 is 1.10 bits per heavy atom. The molecule has 0 unspecified atom stereocenters. The molecule has 0 amide bonds. The zero-order valence-corrected chi connectivity index (χ0v) is 16.2. The van der Waals surface area contributed by atoms with Crippen molar-refractivity contribution in [1.29, 1.82) is 0 Å². The van der Waals surface area contributed by atoms with Crippen LogP contribution in [0.4, 0.5) is 0 Å². The lowest BCUT2D eigenvalue weighted by Gasteiger charge is -2.22. The van der Waals surface area contributed by atoms with E-state index in [4.69, 9.17) is 18.9 Å². The SMILES string of the molecule is CCCOc1ccc2c(c1)[C@@H](OCCO)[C@H](C(=O)O)[C@H]2c1ccc2c(c1)OCO2. The smallest absolute Gasteiger partial charge is 0.310 e. The van der Waals surface area contributed by atoms with E-state index in [1.54, 1.807) is 6.07 Å². The minimum absolute atomic E-state index is 0.0573. The minimum atomic E-state index is -0.956. The van der Waals surface area contributed by atoms with E-state index in [0.29, 0.717) is 23.9 Å². The van der Waals surface area contributed by atoms with Crippen molar-refractivity contribution < 1.29 is 34.0 Å². The van der Waals surface area contributed by atoms with E-state index in [9.17, 15) is 15.0 Å². The summed E-state index contributed by atoms with van der Waals surface area (Å²) in [6, 6.07) is 11.1. The fourth-order valence-electron chi connectivity index (χ4n) is 4.09. The molecule has 2 aliphatic rings. The summed E-state index contributed by atoms with van der Waals surface area (Å²) in [6.07, 6.45) is 0.189. The molecule has 154 valence electrons. The molecule has 2 aromatic carbocycles. The third kappa shape index (κ3) is 3.63. The molecule has 1 heterocycles. The van der Waals surface area contributed by atoms with Crippen LogP contribution in [0.25, 0.3) is 0 Å². The Morgan fingerprint density at radius 3 is 2.69 bits per heavy atom. The van der Waals surface area contributed by atoms with Crippen molar-refractivity contribution in [3.05, 3.63) is 53.1 Å². The minimum Gasteiger partial charge on any atom is -0.494 e. The Hall–Kier alpha value is -2.77. The Bertz CT molecular complexity index is 895. The van der Waals surface area contributed by atoms with Crippen LogP contribution in [-0.4, -0.2) is 42.8 Å². The number of carbonyl (C=O) groups is 1. The lowest BCUT2D eigenvalue weighted by Crippen LogP contribution is -2.25. The molecule has 0 spiro atoms. The summed E-state index contributed by atoms with van der Waals surface area (Å²) < 4.78 is 22.4. The second kappa shape index (κ2) is 8.31. The number of aliphatic hydroxyl groups is 1. The van der Waals surface area contributed by atoms with Gasteiger partial charge in [0.25, 0.3) is 0 Å². The van der Waals surface area contributed by atoms with E-state index < -0.39 is 23.9 Å². The number of aliphatic carboxylic acids is 1. The highest BCUT2D eigenvalue weighted by molar-refractivity contribution is 5.76. The van der Waals surface area contributed by atoms with E-state index in [-0.39, 0.29) is 20.0 Å². The zero-order valence-electron chi connectivity index (χ0n) is 16.2. The molecule has 0 aromatic heterocycles.